The van der Waals surface area contributed by atoms with Crippen LogP contribution in [0.4, 0.5) is 9.18 Å². The number of hydrogen-bond donors (Lipinski definition) is 1. The van der Waals surface area contributed by atoms with Gasteiger partial charge in [-0.1, -0.05) is 12.1 Å². The fraction of sp³-hybridized carbons (Fsp3) is 0.400. The minimum Gasteiger partial charge on any atom is -0.381 e. The van der Waals surface area contributed by atoms with Crippen LogP contribution in [0.3, 0.4) is 0 Å². The first kappa shape index (κ1) is 18.3. The van der Waals surface area contributed by atoms with Gasteiger partial charge in [0.1, 0.15) is 5.82 Å². The average molecular weight is 357 g/mol. The largest absolute Gasteiger partial charge is 0.381 e. The third-order valence-electron chi connectivity index (χ3n) is 4.73. The van der Waals surface area contributed by atoms with Gasteiger partial charge in [0, 0.05) is 39.2 Å². The zero-order valence-corrected chi connectivity index (χ0v) is 14.9. The molecule has 0 unspecified atom stereocenters. The SMILES string of the molecule is CN(CC1CCOCC1)C(=O)N[C@H](c1ccncc1)c1ccc(F)cc1. The maximum absolute atomic E-state index is 13.3. The lowest BCUT2D eigenvalue weighted by molar-refractivity contribution is 0.0585. The first-order chi connectivity index (χ1) is 12.6. The minimum atomic E-state index is -0.358. The molecular weight excluding hydrogens is 333 g/mol. The van der Waals surface area contributed by atoms with Crippen molar-refractivity contribution in [2.45, 2.75) is 18.9 Å². The molecule has 1 aromatic heterocycles. The Morgan fingerprint density at radius 1 is 1.19 bits per heavy atom. The van der Waals surface area contributed by atoms with Crippen molar-refractivity contribution < 1.29 is 13.9 Å². The molecule has 1 fully saturated rings. The van der Waals surface area contributed by atoms with Crippen molar-refractivity contribution in [2.24, 2.45) is 5.92 Å². The summed E-state index contributed by atoms with van der Waals surface area (Å²) in [6.45, 7) is 2.21. The molecule has 6 heteroatoms. The number of halogens is 1. The number of hydrogen-bond acceptors (Lipinski definition) is 3. The molecule has 0 radical (unpaired) electrons. The van der Waals surface area contributed by atoms with E-state index >= 15 is 0 Å². The van der Waals surface area contributed by atoms with Crippen LogP contribution in [-0.4, -0.2) is 42.7 Å². The van der Waals surface area contributed by atoms with E-state index in [1.54, 1.807) is 36.5 Å². The second-order valence-corrected chi connectivity index (χ2v) is 6.65. The maximum Gasteiger partial charge on any atom is 0.317 e. The number of pyridine rings is 1. The molecular formula is C20H24FN3O2. The summed E-state index contributed by atoms with van der Waals surface area (Å²) in [4.78, 5) is 18.5. The minimum absolute atomic E-state index is 0.150. The number of nitrogens with one attached hydrogen (secondary N) is 1. The van der Waals surface area contributed by atoms with Gasteiger partial charge in [0.15, 0.2) is 0 Å². The molecule has 1 aromatic carbocycles. The van der Waals surface area contributed by atoms with Gasteiger partial charge in [-0.25, -0.2) is 9.18 Å². The van der Waals surface area contributed by atoms with Crippen LogP contribution in [0.1, 0.15) is 30.0 Å². The van der Waals surface area contributed by atoms with Crippen LogP contribution in [-0.2, 0) is 4.74 Å². The van der Waals surface area contributed by atoms with Crippen molar-refractivity contribution in [3.63, 3.8) is 0 Å². The van der Waals surface area contributed by atoms with Crippen molar-refractivity contribution in [3.8, 4) is 0 Å². The Morgan fingerprint density at radius 2 is 1.81 bits per heavy atom. The average Bonchev–Trinajstić information content (AvgIpc) is 2.68. The van der Waals surface area contributed by atoms with Crippen LogP contribution < -0.4 is 5.32 Å². The normalized spacial score (nSPS) is 16.1. The molecule has 3 rings (SSSR count). The molecule has 1 N–H and O–H groups in total. The van der Waals surface area contributed by atoms with Crippen LogP contribution in [0.25, 0.3) is 0 Å². The van der Waals surface area contributed by atoms with Gasteiger partial charge in [-0.15, -0.1) is 0 Å². The van der Waals surface area contributed by atoms with E-state index in [0.29, 0.717) is 12.5 Å². The highest BCUT2D eigenvalue weighted by Crippen LogP contribution is 2.23. The van der Waals surface area contributed by atoms with Crippen LogP contribution in [0.15, 0.2) is 48.8 Å². The lowest BCUT2D eigenvalue weighted by Gasteiger charge is -2.29. The van der Waals surface area contributed by atoms with E-state index in [1.165, 1.54) is 12.1 Å². The standard InChI is InChI=1S/C20H24FN3O2/c1-24(14-15-8-12-26-13-9-15)20(25)23-19(17-6-10-22-11-7-17)16-2-4-18(21)5-3-16/h2-7,10-11,15,19H,8-9,12-14H2,1H3,(H,23,25)/t19-/m0/s1. The lowest BCUT2D eigenvalue weighted by atomic mass is 9.99. The number of benzene rings is 1. The molecule has 0 spiro atoms. The highest BCUT2D eigenvalue weighted by Gasteiger charge is 2.22. The summed E-state index contributed by atoms with van der Waals surface area (Å²) in [6, 6.07) is 9.40. The van der Waals surface area contributed by atoms with E-state index in [4.69, 9.17) is 4.74 Å². The molecule has 26 heavy (non-hydrogen) atoms. The summed E-state index contributed by atoms with van der Waals surface area (Å²) in [6.07, 6.45) is 5.32. The fourth-order valence-corrected chi connectivity index (χ4v) is 3.20. The Hall–Kier alpha value is -2.47. The van der Waals surface area contributed by atoms with Crippen LogP contribution >= 0.6 is 0 Å². The summed E-state index contributed by atoms with van der Waals surface area (Å²) in [5.41, 5.74) is 1.73. The first-order valence-electron chi connectivity index (χ1n) is 8.88. The number of carbonyl (C=O) groups excluding carboxylic acids is 1. The van der Waals surface area contributed by atoms with Gasteiger partial charge in [0.05, 0.1) is 6.04 Å². The molecule has 1 aliphatic rings. The molecule has 1 atom stereocenters. The van der Waals surface area contributed by atoms with Crippen LogP contribution in [0.2, 0.25) is 0 Å². The lowest BCUT2D eigenvalue weighted by Crippen LogP contribution is -2.42. The van der Waals surface area contributed by atoms with E-state index < -0.39 is 0 Å². The third kappa shape index (κ3) is 4.79. The Bertz CT molecular complexity index is 703. The summed E-state index contributed by atoms with van der Waals surface area (Å²) >= 11 is 0. The van der Waals surface area contributed by atoms with Gasteiger partial charge in [-0.3, -0.25) is 4.98 Å². The monoisotopic (exact) mass is 357 g/mol. The van der Waals surface area contributed by atoms with Gasteiger partial charge in [-0.2, -0.15) is 0 Å². The fourth-order valence-electron chi connectivity index (χ4n) is 3.20. The highest BCUT2D eigenvalue weighted by atomic mass is 19.1. The molecule has 1 aliphatic heterocycles. The Balaban J connectivity index is 1.72. The smallest absolute Gasteiger partial charge is 0.317 e. The van der Waals surface area contributed by atoms with Crippen molar-refractivity contribution >= 4 is 6.03 Å². The number of urea groups is 1. The van der Waals surface area contributed by atoms with Crippen molar-refractivity contribution in [1.29, 1.82) is 0 Å². The van der Waals surface area contributed by atoms with Gasteiger partial charge >= 0.3 is 6.03 Å². The van der Waals surface area contributed by atoms with E-state index in [9.17, 15) is 9.18 Å². The van der Waals surface area contributed by atoms with Gasteiger partial charge in [-0.05, 0) is 54.2 Å². The predicted octanol–water partition coefficient (Wildman–Crippen LogP) is 3.38. The van der Waals surface area contributed by atoms with Crippen molar-refractivity contribution in [1.82, 2.24) is 15.2 Å². The molecule has 0 bridgehead atoms. The van der Waals surface area contributed by atoms with Crippen molar-refractivity contribution in [3.05, 3.63) is 65.7 Å². The van der Waals surface area contributed by atoms with E-state index in [0.717, 1.165) is 37.2 Å². The Morgan fingerprint density at radius 3 is 2.46 bits per heavy atom. The van der Waals surface area contributed by atoms with Gasteiger partial charge in [0.2, 0.25) is 0 Å². The molecule has 5 nitrogen and oxygen atoms in total. The quantitative estimate of drug-likeness (QED) is 0.893. The molecule has 1 saturated heterocycles. The van der Waals surface area contributed by atoms with Crippen LogP contribution in [0, 0.1) is 11.7 Å². The molecule has 138 valence electrons. The van der Waals surface area contributed by atoms with E-state index in [-0.39, 0.29) is 17.9 Å². The number of amides is 2. The zero-order valence-electron chi connectivity index (χ0n) is 14.9. The third-order valence-corrected chi connectivity index (χ3v) is 4.73. The van der Waals surface area contributed by atoms with Gasteiger partial charge in [0.25, 0.3) is 0 Å². The topological polar surface area (TPSA) is 54.5 Å². The summed E-state index contributed by atoms with van der Waals surface area (Å²) in [5, 5.41) is 3.06. The molecule has 2 amide bonds. The zero-order chi connectivity index (χ0) is 18.4. The number of aromatic nitrogens is 1. The highest BCUT2D eigenvalue weighted by molar-refractivity contribution is 5.75. The number of nitrogens with zero attached hydrogens (tertiary/aromatic N) is 2. The molecule has 0 aliphatic carbocycles. The molecule has 2 heterocycles. The Labute approximate surface area is 153 Å². The molecule has 2 aromatic rings. The summed E-state index contributed by atoms with van der Waals surface area (Å²) < 4.78 is 18.7. The summed E-state index contributed by atoms with van der Waals surface area (Å²) in [5.74, 6) is 0.162. The Kier molecular flexibility index (Phi) is 6.17. The molecule has 0 saturated carbocycles. The summed E-state index contributed by atoms with van der Waals surface area (Å²) in [7, 11) is 1.80. The van der Waals surface area contributed by atoms with E-state index in [2.05, 4.69) is 10.3 Å². The van der Waals surface area contributed by atoms with Crippen molar-refractivity contribution in [2.75, 3.05) is 26.8 Å². The number of ether oxygens (including phenoxy) is 1. The predicted molar refractivity (Wildman–Crippen MR) is 97.2 cm³/mol. The van der Waals surface area contributed by atoms with Gasteiger partial charge < -0.3 is 15.0 Å². The number of rotatable bonds is 5. The van der Waals surface area contributed by atoms with E-state index in [1.807, 2.05) is 12.1 Å². The second-order valence-electron chi connectivity index (χ2n) is 6.65. The maximum atomic E-state index is 13.3. The first-order valence-corrected chi connectivity index (χ1v) is 8.88. The second kappa shape index (κ2) is 8.76. The number of carbonyl (C=O) groups is 1. The van der Waals surface area contributed by atoms with Crippen LogP contribution in [0.5, 0.6) is 0 Å².